The average molecular weight is 384 g/mol. The van der Waals surface area contributed by atoms with Gasteiger partial charge in [0.2, 0.25) is 5.91 Å². The highest BCUT2D eigenvalue weighted by molar-refractivity contribution is 6.02. The van der Waals surface area contributed by atoms with Crippen molar-refractivity contribution in [1.29, 1.82) is 0 Å². The molecule has 2 N–H and O–H groups in total. The Hall–Kier alpha value is -3.68. The number of nitro groups is 1. The van der Waals surface area contributed by atoms with Crippen LogP contribution in [0.25, 0.3) is 6.08 Å². The lowest BCUT2D eigenvalue weighted by Crippen LogP contribution is -2.08. The van der Waals surface area contributed by atoms with Gasteiger partial charge in [-0.05, 0) is 41.8 Å². The van der Waals surface area contributed by atoms with E-state index < -0.39 is 16.8 Å². The lowest BCUT2D eigenvalue weighted by atomic mass is 10.1. The predicted molar refractivity (Wildman–Crippen MR) is 104 cm³/mol. The highest BCUT2D eigenvalue weighted by Gasteiger charge is 2.15. The number of benzene rings is 2. The molecule has 0 saturated heterocycles. The van der Waals surface area contributed by atoms with Gasteiger partial charge in [0.15, 0.2) is 5.75 Å². The summed E-state index contributed by atoms with van der Waals surface area (Å²) in [5.41, 5.74) is 1.46. The van der Waals surface area contributed by atoms with E-state index in [1.165, 1.54) is 24.3 Å². The Morgan fingerprint density at radius 1 is 1.21 bits per heavy atom. The lowest BCUT2D eigenvalue weighted by molar-refractivity contribution is -0.385. The maximum Gasteiger partial charge on any atom is 0.311 e. The molecule has 0 unspecified atom stereocenters. The number of rotatable bonds is 9. The fourth-order valence-corrected chi connectivity index (χ4v) is 2.35. The normalized spacial score (nSPS) is 10.6. The molecule has 0 bridgehead atoms. The molecule has 0 heterocycles. The van der Waals surface area contributed by atoms with Crippen LogP contribution in [0.3, 0.4) is 0 Å². The first kappa shape index (κ1) is 20.6. The van der Waals surface area contributed by atoms with Crippen LogP contribution in [0.4, 0.5) is 11.4 Å². The van der Waals surface area contributed by atoms with E-state index in [2.05, 4.69) is 5.32 Å². The number of carboxylic acids is 1. The van der Waals surface area contributed by atoms with E-state index in [9.17, 15) is 19.7 Å². The van der Waals surface area contributed by atoms with E-state index in [1.807, 2.05) is 6.92 Å². The summed E-state index contributed by atoms with van der Waals surface area (Å²) < 4.78 is 5.36. The Morgan fingerprint density at radius 2 is 1.93 bits per heavy atom. The van der Waals surface area contributed by atoms with Gasteiger partial charge in [0.05, 0.1) is 18.0 Å². The molecule has 0 atom stereocenters. The first-order valence-electron chi connectivity index (χ1n) is 8.60. The summed E-state index contributed by atoms with van der Waals surface area (Å²) in [6.07, 6.45) is 3.36. The molecule has 0 radical (unpaired) electrons. The minimum atomic E-state index is -0.931. The number of amides is 1. The number of carbonyl (C=O) groups is 2. The number of carboxylic acid groups (broad SMARTS) is 1. The van der Waals surface area contributed by atoms with Crippen LogP contribution in [0.2, 0.25) is 0 Å². The van der Waals surface area contributed by atoms with E-state index in [0.717, 1.165) is 6.42 Å². The third kappa shape index (κ3) is 6.24. The largest absolute Gasteiger partial charge is 0.487 e. The second-order valence-corrected chi connectivity index (χ2v) is 5.92. The van der Waals surface area contributed by atoms with E-state index in [0.29, 0.717) is 23.4 Å². The topological polar surface area (TPSA) is 119 Å². The summed E-state index contributed by atoms with van der Waals surface area (Å²) in [7, 11) is 0. The van der Waals surface area contributed by atoms with Crippen molar-refractivity contribution in [2.75, 3.05) is 11.9 Å². The maximum atomic E-state index is 12.0. The molecule has 8 nitrogen and oxygen atoms in total. The van der Waals surface area contributed by atoms with Gasteiger partial charge in [-0.3, -0.25) is 19.7 Å². The van der Waals surface area contributed by atoms with Crippen LogP contribution < -0.4 is 10.1 Å². The molecule has 2 aromatic rings. The molecule has 8 heteroatoms. The molecule has 0 aliphatic carbocycles. The minimum absolute atomic E-state index is 0.0924. The zero-order chi connectivity index (χ0) is 20.5. The van der Waals surface area contributed by atoms with Crippen LogP contribution in [0.5, 0.6) is 5.75 Å². The van der Waals surface area contributed by atoms with Crippen LogP contribution in [0, 0.1) is 10.1 Å². The quantitative estimate of drug-likeness (QED) is 0.387. The van der Waals surface area contributed by atoms with Gasteiger partial charge in [0.1, 0.15) is 0 Å². The lowest BCUT2D eigenvalue weighted by Gasteiger charge is -2.06. The van der Waals surface area contributed by atoms with Crippen LogP contribution in [0.15, 0.2) is 48.5 Å². The molecule has 1 amide bonds. The number of nitrogens with zero attached hydrogens (tertiary/aromatic N) is 1. The fourth-order valence-electron chi connectivity index (χ4n) is 2.35. The van der Waals surface area contributed by atoms with Crippen LogP contribution in [-0.4, -0.2) is 28.5 Å². The van der Waals surface area contributed by atoms with Crippen molar-refractivity contribution >= 4 is 29.3 Å². The second kappa shape index (κ2) is 9.86. The summed E-state index contributed by atoms with van der Waals surface area (Å²) in [5.74, 6) is -1.16. The zero-order valence-corrected chi connectivity index (χ0v) is 15.3. The molecule has 146 valence electrons. The minimum Gasteiger partial charge on any atom is -0.487 e. The van der Waals surface area contributed by atoms with Gasteiger partial charge in [-0.15, -0.1) is 0 Å². The molecule has 0 fully saturated rings. The third-order valence-corrected chi connectivity index (χ3v) is 3.65. The van der Waals surface area contributed by atoms with Crippen LogP contribution in [-0.2, 0) is 16.0 Å². The van der Waals surface area contributed by atoms with Gasteiger partial charge in [0, 0.05) is 17.8 Å². The molecule has 0 spiro atoms. The number of anilines is 1. The Balaban J connectivity index is 2.04. The number of ether oxygens (including phenoxy) is 1. The third-order valence-electron chi connectivity index (χ3n) is 3.65. The molecule has 0 aromatic heterocycles. The standard InChI is InChI=1S/C20H20N2O6/c1-2-11-28-18-9-5-14(12-17(18)22(26)27)6-10-19(23)21-16-7-3-15(4-8-16)13-20(24)25/h3-10,12H,2,11,13H2,1H3,(H,21,23)(H,24,25)/b10-6+. The van der Waals surface area contributed by atoms with Gasteiger partial charge in [-0.25, -0.2) is 0 Å². The predicted octanol–water partition coefficient (Wildman–Crippen LogP) is 3.66. The number of carbonyl (C=O) groups excluding carboxylic acids is 1. The fraction of sp³-hybridized carbons (Fsp3) is 0.200. The first-order chi connectivity index (χ1) is 13.4. The summed E-state index contributed by atoms with van der Waals surface area (Å²) in [6, 6.07) is 10.9. The van der Waals surface area contributed by atoms with Crippen LogP contribution in [0.1, 0.15) is 24.5 Å². The molecule has 28 heavy (non-hydrogen) atoms. The number of hydrogen-bond donors (Lipinski definition) is 2. The van der Waals surface area contributed by atoms with Crippen molar-refractivity contribution in [3.63, 3.8) is 0 Å². The summed E-state index contributed by atoms with van der Waals surface area (Å²) >= 11 is 0. The maximum absolute atomic E-state index is 12.0. The van der Waals surface area contributed by atoms with Crippen molar-refractivity contribution in [1.82, 2.24) is 0 Å². The number of nitrogens with one attached hydrogen (secondary N) is 1. The van der Waals surface area contributed by atoms with E-state index >= 15 is 0 Å². The second-order valence-electron chi connectivity index (χ2n) is 5.92. The number of aliphatic carboxylic acids is 1. The van der Waals surface area contributed by atoms with Gasteiger partial charge >= 0.3 is 11.7 Å². The highest BCUT2D eigenvalue weighted by Crippen LogP contribution is 2.28. The Bertz CT molecular complexity index is 890. The SMILES string of the molecule is CCCOc1ccc(/C=C/C(=O)Nc2ccc(CC(=O)O)cc2)cc1[N+](=O)[O-]. The molecule has 0 saturated carbocycles. The number of hydrogen-bond acceptors (Lipinski definition) is 5. The molecule has 2 rings (SSSR count). The Kier molecular flexibility index (Phi) is 7.27. The van der Waals surface area contributed by atoms with Crippen molar-refractivity contribution < 1.29 is 24.4 Å². The Labute approximate surface area is 161 Å². The van der Waals surface area contributed by atoms with Crippen molar-refractivity contribution in [2.24, 2.45) is 0 Å². The molecule has 0 aliphatic heterocycles. The van der Waals surface area contributed by atoms with Gasteiger partial charge < -0.3 is 15.2 Å². The molecule has 0 aliphatic rings. The highest BCUT2D eigenvalue weighted by atomic mass is 16.6. The van der Waals surface area contributed by atoms with E-state index in [1.54, 1.807) is 30.3 Å². The smallest absolute Gasteiger partial charge is 0.311 e. The summed E-state index contributed by atoms with van der Waals surface area (Å²) in [5, 5.41) is 22.6. The summed E-state index contributed by atoms with van der Waals surface area (Å²) in [6.45, 7) is 2.28. The Morgan fingerprint density at radius 3 is 2.54 bits per heavy atom. The molecule has 2 aromatic carbocycles. The van der Waals surface area contributed by atoms with Gasteiger partial charge in [-0.2, -0.15) is 0 Å². The van der Waals surface area contributed by atoms with E-state index in [4.69, 9.17) is 9.84 Å². The zero-order valence-electron chi connectivity index (χ0n) is 15.3. The molecular formula is C20H20N2O6. The average Bonchev–Trinajstić information content (AvgIpc) is 2.66. The monoisotopic (exact) mass is 384 g/mol. The van der Waals surface area contributed by atoms with Crippen LogP contribution >= 0.6 is 0 Å². The summed E-state index contributed by atoms with van der Waals surface area (Å²) in [4.78, 5) is 33.4. The number of nitro benzene ring substituents is 1. The molecular weight excluding hydrogens is 364 g/mol. The van der Waals surface area contributed by atoms with Crippen molar-refractivity contribution in [3.8, 4) is 5.75 Å². The van der Waals surface area contributed by atoms with Crippen molar-refractivity contribution in [2.45, 2.75) is 19.8 Å². The van der Waals surface area contributed by atoms with Gasteiger partial charge in [0.25, 0.3) is 0 Å². The first-order valence-corrected chi connectivity index (χ1v) is 8.60. The van der Waals surface area contributed by atoms with Crippen molar-refractivity contribution in [3.05, 3.63) is 69.8 Å². The van der Waals surface area contributed by atoms with E-state index in [-0.39, 0.29) is 17.9 Å². The van der Waals surface area contributed by atoms with Gasteiger partial charge in [-0.1, -0.05) is 25.1 Å².